The third-order valence-electron chi connectivity index (χ3n) is 4.22. The van der Waals surface area contributed by atoms with Gasteiger partial charge in [-0.1, -0.05) is 0 Å². The molecule has 0 radical (unpaired) electrons. The first-order chi connectivity index (χ1) is 11.5. The molecule has 1 amide bonds. The molecular weight excluding hydrogens is 306 g/mol. The first kappa shape index (κ1) is 14.7. The molecule has 0 saturated carbocycles. The minimum Gasteiger partial charge on any atom is -0.368 e. The van der Waals surface area contributed by atoms with Crippen LogP contribution in [0.15, 0.2) is 12.3 Å². The van der Waals surface area contributed by atoms with E-state index >= 15 is 0 Å². The average Bonchev–Trinajstić information content (AvgIpc) is 3.09. The fraction of sp³-hybridized carbons (Fsp3) is 0.375. The van der Waals surface area contributed by atoms with E-state index in [4.69, 9.17) is 0 Å². The molecule has 0 spiro atoms. The van der Waals surface area contributed by atoms with Gasteiger partial charge in [0.05, 0.1) is 11.9 Å². The number of anilines is 2. The Kier molecular flexibility index (Phi) is 3.26. The van der Waals surface area contributed by atoms with Crippen LogP contribution >= 0.6 is 0 Å². The fourth-order valence-corrected chi connectivity index (χ4v) is 3.15. The molecule has 3 aromatic rings. The third kappa shape index (κ3) is 2.22. The quantitative estimate of drug-likeness (QED) is 0.751. The van der Waals surface area contributed by atoms with Crippen LogP contribution in [-0.2, 0) is 6.54 Å². The summed E-state index contributed by atoms with van der Waals surface area (Å²) in [6.45, 7) is 7.42. The Morgan fingerprint density at radius 1 is 1.33 bits per heavy atom. The molecule has 24 heavy (non-hydrogen) atoms. The number of hydrogen-bond donors (Lipinski definition) is 2. The van der Waals surface area contributed by atoms with Crippen LogP contribution < -0.4 is 10.6 Å². The van der Waals surface area contributed by atoms with Crippen LogP contribution in [0.3, 0.4) is 0 Å². The number of rotatable bonds is 2. The van der Waals surface area contributed by atoms with Crippen molar-refractivity contribution < 1.29 is 4.79 Å². The van der Waals surface area contributed by atoms with E-state index in [9.17, 15) is 4.79 Å². The van der Waals surface area contributed by atoms with Crippen molar-refractivity contribution in [3.63, 3.8) is 0 Å². The van der Waals surface area contributed by atoms with Gasteiger partial charge in [0.2, 0.25) is 0 Å². The van der Waals surface area contributed by atoms with Crippen LogP contribution in [0, 0.1) is 20.8 Å². The summed E-state index contributed by atoms with van der Waals surface area (Å²) in [5, 5.41) is 15.0. The highest BCUT2D eigenvalue weighted by molar-refractivity contribution is 6.10. The zero-order valence-corrected chi connectivity index (χ0v) is 13.9. The van der Waals surface area contributed by atoms with Crippen molar-refractivity contribution in [3.05, 3.63) is 34.9 Å². The van der Waals surface area contributed by atoms with Gasteiger partial charge < -0.3 is 10.6 Å². The van der Waals surface area contributed by atoms with E-state index in [-0.39, 0.29) is 5.91 Å². The molecule has 8 nitrogen and oxygen atoms in total. The van der Waals surface area contributed by atoms with Gasteiger partial charge in [-0.3, -0.25) is 4.79 Å². The normalized spacial score (nSPS) is 13.6. The second-order valence-corrected chi connectivity index (χ2v) is 6.10. The maximum Gasteiger partial charge on any atom is 0.261 e. The Balaban J connectivity index is 1.74. The minimum absolute atomic E-state index is 0.219. The Bertz CT molecular complexity index is 953. The van der Waals surface area contributed by atoms with Crippen molar-refractivity contribution in [1.82, 2.24) is 24.4 Å². The van der Waals surface area contributed by atoms with Crippen LogP contribution in [0.1, 0.15) is 33.9 Å². The van der Waals surface area contributed by atoms with Crippen LogP contribution in [0.4, 0.5) is 11.5 Å². The average molecular weight is 325 g/mol. The van der Waals surface area contributed by atoms with Crippen molar-refractivity contribution >= 4 is 23.1 Å². The van der Waals surface area contributed by atoms with Crippen molar-refractivity contribution in [2.75, 3.05) is 17.2 Å². The number of fused-ring (bicyclic) bond motifs is 2. The molecule has 0 aliphatic carbocycles. The lowest BCUT2D eigenvalue weighted by atomic mass is 10.2. The molecule has 0 bridgehead atoms. The summed E-state index contributed by atoms with van der Waals surface area (Å²) in [7, 11) is 0. The number of amides is 1. The molecule has 0 fully saturated rings. The maximum absolute atomic E-state index is 12.8. The summed E-state index contributed by atoms with van der Waals surface area (Å²) < 4.78 is 3.58. The van der Waals surface area contributed by atoms with E-state index in [2.05, 4.69) is 25.8 Å². The number of hydrogen-bond acceptors (Lipinski definition) is 5. The van der Waals surface area contributed by atoms with E-state index in [1.165, 1.54) is 0 Å². The Labute approximate surface area is 138 Å². The Morgan fingerprint density at radius 3 is 3.00 bits per heavy atom. The summed E-state index contributed by atoms with van der Waals surface area (Å²) in [6.07, 6.45) is 2.70. The van der Waals surface area contributed by atoms with Gasteiger partial charge in [-0.25, -0.2) is 14.2 Å². The van der Waals surface area contributed by atoms with Gasteiger partial charge in [0.25, 0.3) is 5.91 Å². The first-order valence-corrected chi connectivity index (χ1v) is 7.99. The van der Waals surface area contributed by atoms with E-state index in [1.54, 1.807) is 10.7 Å². The highest BCUT2D eigenvalue weighted by Crippen LogP contribution is 2.26. The lowest BCUT2D eigenvalue weighted by molar-refractivity contribution is 0.102. The number of aryl methyl sites for hydroxylation is 4. The van der Waals surface area contributed by atoms with E-state index in [0.717, 1.165) is 36.7 Å². The lowest BCUT2D eigenvalue weighted by Crippen LogP contribution is -2.20. The highest BCUT2D eigenvalue weighted by atomic mass is 16.1. The lowest BCUT2D eigenvalue weighted by Gasteiger charge is -2.17. The summed E-state index contributed by atoms with van der Waals surface area (Å²) in [5.41, 5.74) is 4.22. The molecule has 1 aliphatic heterocycles. The first-order valence-electron chi connectivity index (χ1n) is 7.99. The number of aromatic nitrogens is 5. The number of carbonyl (C=O) groups is 1. The Morgan fingerprint density at radius 2 is 2.17 bits per heavy atom. The molecule has 1 aliphatic rings. The van der Waals surface area contributed by atoms with Crippen molar-refractivity contribution in [1.29, 1.82) is 0 Å². The van der Waals surface area contributed by atoms with Gasteiger partial charge >= 0.3 is 0 Å². The fourth-order valence-electron chi connectivity index (χ4n) is 3.15. The van der Waals surface area contributed by atoms with E-state index in [1.807, 2.05) is 31.5 Å². The molecule has 8 heteroatoms. The maximum atomic E-state index is 12.8. The molecular formula is C16H19N7O. The molecule has 4 rings (SSSR count). The van der Waals surface area contributed by atoms with Gasteiger partial charge in [0.1, 0.15) is 17.1 Å². The molecule has 0 atom stereocenters. The van der Waals surface area contributed by atoms with Crippen LogP contribution in [0.25, 0.3) is 5.65 Å². The topological polar surface area (TPSA) is 89.1 Å². The largest absolute Gasteiger partial charge is 0.368 e. The predicted molar refractivity (Wildman–Crippen MR) is 90.5 cm³/mol. The standard InChI is InChI=1S/C16H19N7O/c1-9-7-10(2)23-15(19-9)13(11(3)21-23)16(24)20-12-8-18-22-6-4-5-17-14(12)22/h7-8,17H,4-6H2,1-3H3,(H,20,24). The minimum atomic E-state index is -0.219. The molecule has 124 valence electrons. The molecule has 0 unspecified atom stereocenters. The van der Waals surface area contributed by atoms with Crippen LogP contribution in [-0.4, -0.2) is 36.8 Å². The molecule has 2 N–H and O–H groups in total. The molecule has 3 aromatic heterocycles. The zero-order chi connectivity index (χ0) is 16.8. The Hall–Kier alpha value is -2.90. The molecule has 0 aromatic carbocycles. The van der Waals surface area contributed by atoms with Crippen molar-refractivity contribution in [2.24, 2.45) is 0 Å². The summed E-state index contributed by atoms with van der Waals surface area (Å²) in [5.74, 6) is 0.632. The summed E-state index contributed by atoms with van der Waals surface area (Å²) >= 11 is 0. The van der Waals surface area contributed by atoms with Crippen LogP contribution in [0.2, 0.25) is 0 Å². The number of nitrogens with one attached hydrogen (secondary N) is 2. The van der Waals surface area contributed by atoms with Gasteiger partial charge in [0.15, 0.2) is 5.65 Å². The third-order valence-corrected chi connectivity index (χ3v) is 4.22. The highest BCUT2D eigenvalue weighted by Gasteiger charge is 2.22. The summed E-state index contributed by atoms with van der Waals surface area (Å²) in [4.78, 5) is 17.3. The van der Waals surface area contributed by atoms with E-state index in [0.29, 0.717) is 22.6 Å². The van der Waals surface area contributed by atoms with E-state index < -0.39 is 0 Å². The second-order valence-electron chi connectivity index (χ2n) is 6.10. The number of carbonyl (C=O) groups excluding carboxylic acids is 1. The zero-order valence-electron chi connectivity index (χ0n) is 13.9. The SMILES string of the molecule is Cc1cc(C)n2nc(C)c(C(=O)Nc3cnn4c3NCCC4)c2n1. The number of nitrogens with zero attached hydrogens (tertiary/aromatic N) is 5. The monoisotopic (exact) mass is 325 g/mol. The van der Waals surface area contributed by atoms with Gasteiger partial charge in [-0.2, -0.15) is 10.2 Å². The van der Waals surface area contributed by atoms with Gasteiger partial charge in [-0.05, 0) is 33.3 Å². The molecule has 4 heterocycles. The van der Waals surface area contributed by atoms with Crippen LogP contribution in [0.5, 0.6) is 0 Å². The predicted octanol–water partition coefficient (Wildman–Crippen LogP) is 1.92. The van der Waals surface area contributed by atoms with Gasteiger partial charge in [-0.15, -0.1) is 0 Å². The van der Waals surface area contributed by atoms with Crippen molar-refractivity contribution in [3.8, 4) is 0 Å². The molecule has 0 saturated heterocycles. The summed E-state index contributed by atoms with van der Waals surface area (Å²) in [6, 6.07) is 1.94. The van der Waals surface area contributed by atoms with Gasteiger partial charge in [0, 0.05) is 24.5 Å². The van der Waals surface area contributed by atoms with Crippen molar-refractivity contribution in [2.45, 2.75) is 33.7 Å². The second kappa shape index (κ2) is 5.33. The smallest absolute Gasteiger partial charge is 0.261 e.